The van der Waals surface area contributed by atoms with Gasteiger partial charge in [0.2, 0.25) is 0 Å². The van der Waals surface area contributed by atoms with Crippen LogP contribution in [-0.2, 0) is 4.74 Å². The molecule has 0 aromatic heterocycles. The van der Waals surface area contributed by atoms with Gasteiger partial charge in [0.25, 0.3) is 0 Å². The van der Waals surface area contributed by atoms with Crippen molar-refractivity contribution in [2.45, 2.75) is 43.8 Å². The van der Waals surface area contributed by atoms with E-state index in [0.29, 0.717) is 5.02 Å². The zero-order chi connectivity index (χ0) is 13.5. The SMILES string of the molecule is OC(c1cc(Cl)ccc1Br)C1CCOC2(CCC2)C1. The summed E-state index contributed by atoms with van der Waals surface area (Å²) in [5.74, 6) is 0.267. The van der Waals surface area contributed by atoms with Crippen LogP contribution in [0.5, 0.6) is 0 Å². The summed E-state index contributed by atoms with van der Waals surface area (Å²) in [6.45, 7) is 0.764. The van der Waals surface area contributed by atoms with Gasteiger partial charge in [-0.15, -0.1) is 0 Å². The van der Waals surface area contributed by atoms with Crippen LogP contribution in [0.4, 0.5) is 0 Å². The molecule has 1 aliphatic heterocycles. The molecule has 1 saturated heterocycles. The smallest absolute Gasteiger partial charge is 0.0831 e. The van der Waals surface area contributed by atoms with Crippen molar-refractivity contribution in [2.24, 2.45) is 5.92 Å². The lowest BCUT2D eigenvalue weighted by Crippen LogP contribution is -2.46. The summed E-state index contributed by atoms with van der Waals surface area (Å²) >= 11 is 9.55. The first-order chi connectivity index (χ1) is 9.10. The third kappa shape index (κ3) is 2.71. The molecule has 1 aromatic rings. The number of halogens is 2. The van der Waals surface area contributed by atoms with Crippen molar-refractivity contribution in [2.75, 3.05) is 6.61 Å². The van der Waals surface area contributed by atoms with E-state index < -0.39 is 6.10 Å². The van der Waals surface area contributed by atoms with Gasteiger partial charge >= 0.3 is 0 Å². The Bertz CT molecular complexity index is 473. The zero-order valence-electron chi connectivity index (χ0n) is 10.7. The molecule has 1 N–H and O–H groups in total. The van der Waals surface area contributed by atoms with E-state index in [2.05, 4.69) is 15.9 Å². The van der Waals surface area contributed by atoms with Gasteiger partial charge in [-0.1, -0.05) is 27.5 Å². The van der Waals surface area contributed by atoms with E-state index in [-0.39, 0.29) is 11.5 Å². The third-order valence-corrected chi connectivity index (χ3v) is 5.48. The van der Waals surface area contributed by atoms with Gasteiger partial charge in [-0.2, -0.15) is 0 Å². The summed E-state index contributed by atoms with van der Waals surface area (Å²) in [4.78, 5) is 0. The molecule has 3 rings (SSSR count). The zero-order valence-corrected chi connectivity index (χ0v) is 13.1. The minimum atomic E-state index is -0.463. The van der Waals surface area contributed by atoms with Crippen molar-refractivity contribution in [3.63, 3.8) is 0 Å². The Morgan fingerprint density at radius 2 is 2.21 bits per heavy atom. The molecule has 0 amide bonds. The van der Waals surface area contributed by atoms with Crippen LogP contribution in [0.15, 0.2) is 22.7 Å². The van der Waals surface area contributed by atoms with Gasteiger partial charge in [0.1, 0.15) is 0 Å². The van der Waals surface area contributed by atoms with Crippen molar-refractivity contribution >= 4 is 27.5 Å². The van der Waals surface area contributed by atoms with Crippen LogP contribution in [0.3, 0.4) is 0 Å². The molecule has 0 radical (unpaired) electrons. The summed E-state index contributed by atoms with van der Waals surface area (Å²) in [6, 6.07) is 5.60. The molecule has 104 valence electrons. The fourth-order valence-electron chi connectivity index (χ4n) is 3.25. The van der Waals surface area contributed by atoms with Gasteiger partial charge in [-0.25, -0.2) is 0 Å². The molecule has 1 saturated carbocycles. The Morgan fingerprint density at radius 3 is 2.89 bits per heavy atom. The highest BCUT2D eigenvalue weighted by molar-refractivity contribution is 9.10. The van der Waals surface area contributed by atoms with Crippen LogP contribution in [0.25, 0.3) is 0 Å². The molecular formula is C15H18BrClO2. The second-order valence-corrected chi connectivity index (χ2v) is 7.04. The van der Waals surface area contributed by atoms with Crippen LogP contribution in [0.2, 0.25) is 5.02 Å². The minimum Gasteiger partial charge on any atom is -0.388 e. The summed E-state index contributed by atoms with van der Waals surface area (Å²) in [5, 5.41) is 11.3. The quantitative estimate of drug-likeness (QED) is 0.856. The highest BCUT2D eigenvalue weighted by Gasteiger charge is 2.44. The highest BCUT2D eigenvalue weighted by atomic mass is 79.9. The lowest BCUT2D eigenvalue weighted by Gasteiger charge is -2.48. The monoisotopic (exact) mass is 344 g/mol. The third-order valence-electron chi connectivity index (χ3n) is 4.52. The standard InChI is InChI=1S/C15H18BrClO2/c16-13-3-2-11(17)8-12(13)14(18)10-4-7-19-15(9-10)5-1-6-15/h2-3,8,10,14,18H,1,4-7,9H2. The molecule has 4 heteroatoms. The van der Waals surface area contributed by atoms with E-state index in [1.807, 2.05) is 18.2 Å². The van der Waals surface area contributed by atoms with E-state index in [1.54, 1.807) is 0 Å². The Hall–Kier alpha value is -0.0900. The lowest BCUT2D eigenvalue weighted by atomic mass is 9.70. The fraction of sp³-hybridized carbons (Fsp3) is 0.600. The number of ether oxygens (including phenoxy) is 1. The van der Waals surface area contributed by atoms with Crippen LogP contribution >= 0.6 is 27.5 Å². The first-order valence-electron chi connectivity index (χ1n) is 6.87. The van der Waals surface area contributed by atoms with Gasteiger partial charge in [0, 0.05) is 16.1 Å². The largest absolute Gasteiger partial charge is 0.388 e. The van der Waals surface area contributed by atoms with Crippen LogP contribution < -0.4 is 0 Å². The fourth-order valence-corrected chi connectivity index (χ4v) is 3.91. The predicted octanol–water partition coefficient (Wildman–Crippen LogP) is 4.49. The molecule has 2 atom stereocenters. The summed E-state index contributed by atoms with van der Waals surface area (Å²) in [6.07, 6.45) is 4.97. The Kier molecular flexibility index (Phi) is 3.91. The molecule has 2 unspecified atom stereocenters. The number of hydrogen-bond acceptors (Lipinski definition) is 2. The molecular weight excluding hydrogens is 328 g/mol. The predicted molar refractivity (Wildman–Crippen MR) is 79.4 cm³/mol. The molecule has 1 heterocycles. The summed E-state index contributed by atoms with van der Waals surface area (Å²) < 4.78 is 6.85. The van der Waals surface area contributed by atoms with Crippen LogP contribution in [0, 0.1) is 5.92 Å². The maximum atomic E-state index is 10.7. The Balaban J connectivity index is 1.79. The molecule has 19 heavy (non-hydrogen) atoms. The molecule has 2 fully saturated rings. The van der Waals surface area contributed by atoms with Gasteiger partial charge in [-0.3, -0.25) is 0 Å². The van der Waals surface area contributed by atoms with Crippen molar-refractivity contribution in [1.82, 2.24) is 0 Å². The first kappa shape index (κ1) is 13.9. The van der Waals surface area contributed by atoms with Gasteiger partial charge < -0.3 is 9.84 Å². The van der Waals surface area contributed by atoms with Crippen molar-refractivity contribution in [3.05, 3.63) is 33.3 Å². The highest BCUT2D eigenvalue weighted by Crippen LogP contribution is 2.47. The topological polar surface area (TPSA) is 29.5 Å². The molecule has 2 nitrogen and oxygen atoms in total. The van der Waals surface area contributed by atoms with Gasteiger partial charge in [0.15, 0.2) is 0 Å². The Morgan fingerprint density at radius 1 is 1.42 bits per heavy atom. The molecule has 1 aromatic carbocycles. The van der Waals surface area contributed by atoms with E-state index in [4.69, 9.17) is 16.3 Å². The number of aliphatic hydroxyl groups excluding tert-OH is 1. The number of hydrogen-bond donors (Lipinski definition) is 1. The minimum absolute atomic E-state index is 0.0644. The average Bonchev–Trinajstić information content (AvgIpc) is 2.39. The molecule has 1 spiro atoms. The van der Waals surface area contributed by atoms with Crippen molar-refractivity contribution < 1.29 is 9.84 Å². The van der Waals surface area contributed by atoms with Crippen molar-refractivity contribution in [3.8, 4) is 0 Å². The Labute approximate surface area is 127 Å². The molecule has 0 bridgehead atoms. The van der Waals surface area contributed by atoms with E-state index in [0.717, 1.165) is 42.3 Å². The van der Waals surface area contributed by atoms with Crippen LogP contribution in [-0.4, -0.2) is 17.3 Å². The second-order valence-electron chi connectivity index (χ2n) is 5.75. The molecule has 2 aliphatic rings. The van der Waals surface area contributed by atoms with Gasteiger partial charge in [-0.05, 0) is 61.8 Å². The lowest BCUT2D eigenvalue weighted by molar-refractivity contribution is -0.157. The maximum Gasteiger partial charge on any atom is 0.0831 e. The number of aliphatic hydroxyl groups is 1. The first-order valence-corrected chi connectivity index (χ1v) is 8.04. The second kappa shape index (κ2) is 5.36. The van der Waals surface area contributed by atoms with E-state index in [9.17, 15) is 5.11 Å². The molecule has 1 aliphatic carbocycles. The maximum absolute atomic E-state index is 10.7. The average molecular weight is 346 g/mol. The number of benzene rings is 1. The summed E-state index contributed by atoms with van der Waals surface area (Å²) in [5.41, 5.74) is 0.962. The van der Waals surface area contributed by atoms with E-state index in [1.165, 1.54) is 6.42 Å². The summed E-state index contributed by atoms with van der Waals surface area (Å²) in [7, 11) is 0. The number of rotatable bonds is 2. The van der Waals surface area contributed by atoms with E-state index >= 15 is 0 Å². The normalized spacial score (nSPS) is 27.0. The van der Waals surface area contributed by atoms with Crippen LogP contribution in [0.1, 0.15) is 43.8 Å². The van der Waals surface area contributed by atoms with Gasteiger partial charge in [0.05, 0.1) is 11.7 Å². The van der Waals surface area contributed by atoms with Crippen molar-refractivity contribution in [1.29, 1.82) is 0 Å².